The average Bonchev–Trinajstić information content (AvgIpc) is 4.12. The van der Waals surface area contributed by atoms with Crippen LogP contribution in [0.3, 0.4) is 0 Å². The number of nitrogens with one attached hydrogen (secondary N) is 2. The van der Waals surface area contributed by atoms with Crippen molar-refractivity contribution < 1.29 is 51.0 Å². The van der Waals surface area contributed by atoms with E-state index in [0.717, 1.165) is 17.5 Å². The summed E-state index contributed by atoms with van der Waals surface area (Å²) < 4.78 is 75.0. The van der Waals surface area contributed by atoms with Gasteiger partial charge in [-0.1, -0.05) is 39.0 Å². The fourth-order valence-electron chi connectivity index (χ4n) is 9.32. The first-order valence-electron chi connectivity index (χ1n) is 21.4. The molecule has 7 rings (SSSR count). The third-order valence-corrected chi connectivity index (χ3v) is 15.9. The number of carbonyl (C=O) groups excluding carboxylic acids is 3. The van der Waals surface area contributed by atoms with Crippen LogP contribution in [0, 0.1) is 17.8 Å². The normalized spacial score (nSPS) is 32.3. The average molecular weight is 873 g/mol. The molecule has 2 aromatic rings. The lowest BCUT2D eigenvalue weighted by Crippen LogP contribution is -2.64. The number of hydrogen-bond acceptors (Lipinski definition) is 10. The van der Waals surface area contributed by atoms with Crippen LogP contribution in [0.2, 0.25) is 0 Å². The van der Waals surface area contributed by atoms with Gasteiger partial charge in [0.05, 0.1) is 18.0 Å². The number of allylic oxidation sites excluding steroid dienone is 1. The molecule has 334 valence electrons. The molecule has 3 N–H and O–H groups in total. The maximum Gasteiger partial charge on any atom is 0.408 e. The zero-order chi connectivity index (χ0) is 44.3. The number of benzene rings is 1. The van der Waals surface area contributed by atoms with Gasteiger partial charge in [-0.3, -0.25) is 28.9 Å². The molecule has 0 spiro atoms. The summed E-state index contributed by atoms with van der Waals surface area (Å²) in [6.07, 6.45) is 5.09. The van der Waals surface area contributed by atoms with Crippen molar-refractivity contribution in [1.82, 2.24) is 24.8 Å². The highest BCUT2D eigenvalue weighted by atomic mass is 32.2. The van der Waals surface area contributed by atoms with Gasteiger partial charge in [-0.05, 0) is 95.8 Å². The second kappa shape index (κ2) is 16.3. The van der Waals surface area contributed by atoms with Crippen molar-refractivity contribution >= 4 is 50.3 Å². The van der Waals surface area contributed by atoms with E-state index >= 15 is 13.6 Å². The van der Waals surface area contributed by atoms with Crippen LogP contribution in [-0.2, 0) is 29.1 Å². The number of amides is 4. The Hall–Kier alpha value is -4.58. The molecular formula is C43H58F2N6O9S. The number of fused-ring (bicyclic) bond motifs is 3. The number of alkyl halides is 2. The number of hydrogen-bond donors (Lipinski definition) is 3. The Morgan fingerprint density at radius 1 is 1.11 bits per heavy atom. The molecule has 1 unspecified atom stereocenters. The highest BCUT2D eigenvalue weighted by molar-refractivity contribution is 7.91. The Bertz CT molecular complexity index is 2200. The second-order valence-electron chi connectivity index (χ2n) is 18.3. The molecule has 0 bridgehead atoms. The zero-order valence-electron chi connectivity index (χ0n) is 35.7. The van der Waals surface area contributed by atoms with Gasteiger partial charge in [0.2, 0.25) is 21.8 Å². The van der Waals surface area contributed by atoms with Crippen LogP contribution in [0.1, 0.15) is 92.9 Å². The molecule has 61 heavy (non-hydrogen) atoms. The van der Waals surface area contributed by atoms with Crippen LogP contribution < -0.4 is 19.7 Å². The van der Waals surface area contributed by atoms with Crippen LogP contribution in [-0.4, -0.2) is 118 Å². The molecule has 4 amide bonds. The maximum absolute atomic E-state index is 17.8. The van der Waals surface area contributed by atoms with Crippen LogP contribution in [0.25, 0.3) is 10.8 Å². The van der Waals surface area contributed by atoms with Crippen molar-refractivity contribution in [3.63, 3.8) is 0 Å². The first kappa shape index (κ1) is 44.5. The summed E-state index contributed by atoms with van der Waals surface area (Å²) in [5, 5.41) is 14.3. The zero-order valence-corrected chi connectivity index (χ0v) is 36.5. The Kier molecular flexibility index (Phi) is 11.9. The molecule has 18 heteroatoms. The number of carboxylic acid groups (broad SMARTS) is 1. The molecule has 4 heterocycles. The van der Waals surface area contributed by atoms with Crippen LogP contribution in [0.15, 0.2) is 42.6 Å². The van der Waals surface area contributed by atoms with Gasteiger partial charge in [0.1, 0.15) is 17.6 Å². The maximum atomic E-state index is 17.8. The van der Waals surface area contributed by atoms with E-state index in [4.69, 9.17) is 9.47 Å². The second-order valence-corrected chi connectivity index (χ2v) is 20.5. The number of rotatable bonds is 9. The Morgan fingerprint density at radius 2 is 1.82 bits per heavy atom. The molecule has 15 nitrogen and oxygen atoms in total. The number of halogens is 2. The highest BCUT2D eigenvalue weighted by Gasteiger charge is 2.71. The van der Waals surface area contributed by atoms with Gasteiger partial charge in [0, 0.05) is 54.1 Å². The van der Waals surface area contributed by atoms with E-state index in [0.29, 0.717) is 69.2 Å². The Morgan fingerprint density at radius 3 is 2.48 bits per heavy atom. The molecule has 2 saturated heterocycles. The Labute approximate surface area is 355 Å². The predicted octanol–water partition coefficient (Wildman–Crippen LogP) is 5.44. The molecule has 2 saturated carbocycles. The van der Waals surface area contributed by atoms with E-state index < -0.39 is 92.2 Å². The molecule has 1 aromatic carbocycles. The van der Waals surface area contributed by atoms with E-state index in [1.54, 1.807) is 45.0 Å². The number of ether oxygens (including phenoxy) is 2. The van der Waals surface area contributed by atoms with E-state index in [9.17, 15) is 27.9 Å². The molecule has 0 radical (unpaired) electrons. The van der Waals surface area contributed by atoms with Gasteiger partial charge in [-0.2, -0.15) is 8.78 Å². The number of aromatic nitrogens is 1. The summed E-state index contributed by atoms with van der Waals surface area (Å²) in [6.45, 7) is 11.7. The topological polar surface area (TPSA) is 188 Å². The predicted molar refractivity (Wildman–Crippen MR) is 222 cm³/mol. The fraction of sp³-hybridized carbons (Fsp3) is 0.651. The molecule has 5 aliphatic rings. The van der Waals surface area contributed by atoms with Gasteiger partial charge in [-0.25, -0.2) is 18.2 Å². The minimum atomic E-state index is -4.27. The summed E-state index contributed by atoms with van der Waals surface area (Å²) in [5.74, 6) is -5.13. The molecule has 1 aromatic heterocycles. The van der Waals surface area contributed by atoms with Crippen LogP contribution in [0.5, 0.6) is 5.88 Å². The summed E-state index contributed by atoms with van der Waals surface area (Å²) in [5.41, 5.74) is -3.64. The van der Waals surface area contributed by atoms with E-state index in [1.165, 1.54) is 13.1 Å². The summed E-state index contributed by atoms with van der Waals surface area (Å²) in [4.78, 5) is 64.6. The molecular weight excluding hydrogens is 815 g/mol. The minimum Gasteiger partial charge on any atom is -0.465 e. The summed E-state index contributed by atoms with van der Waals surface area (Å²) in [6, 6.07) is -1.57. The number of nitrogens with zero attached hydrogens (tertiary/aromatic N) is 4. The SMILES string of the molecule is CCC(C)N(C(=O)O)[C@@H]1C(=O)N2[C@@H](C[C@@](C)(Oc3nccc4c(N5CCOCC5)cccc34)C2(F)F)C(=O)N[C@]2(C(=O)NS(=O)(=O)C3(C)CC3)C[C@H]2/C=C\CC[C@@H](C)C[C@H]1C. The van der Waals surface area contributed by atoms with Gasteiger partial charge in [0.15, 0.2) is 5.60 Å². The minimum absolute atomic E-state index is 0.0143. The largest absolute Gasteiger partial charge is 0.465 e. The number of anilines is 1. The lowest BCUT2D eigenvalue weighted by atomic mass is 9.86. The summed E-state index contributed by atoms with van der Waals surface area (Å²) >= 11 is 0. The third-order valence-electron chi connectivity index (χ3n) is 13.7. The summed E-state index contributed by atoms with van der Waals surface area (Å²) in [7, 11) is -4.16. The standard InChI is InChI=1S/C43H58F2N6O9S/c1-7-28(4)50(39(55)56)34-27(3)23-26(2)11-8-9-12-29-24-42(29,38(54)48-61(57,58)40(5)16-17-40)47-35(52)33-25-41(6,43(44,45)51(33)37(34)53)60-36-31-13-10-14-32(30(31)15-18-46-36)49-19-21-59-22-20-49/h9-10,12-15,18,26-29,33-34H,7-8,11,16-17,19-25H2,1-6H3,(H,47,52)(H,48,54)(H,55,56)/b12-9-/t26-,27-,28?,29-,33+,34+,41-,42-/m1/s1. The first-order chi connectivity index (χ1) is 28.7. The lowest BCUT2D eigenvalue weighted by molar-refractivity contribution is -0.219. The van der Waals surface area contributed by atoms with Crippen LogP contribution in [0.4, 0.5) is 19.3 Å². The third kappa shape index (κ3) is 8.02. The highest BCUT2D eigenvalue weighted by Crippen LogP contribution is 2.51. The smallest absolute Gasteiger partial charge is 0.408 e. The monoisotopic (exact) mass is 872 g/mol. The van der Waals surface area contributed by atoms with Gasteiger partial charge in [-0.15, -0.1) is 0 Å². The van der Waals surface area contributed by atoms with Gasteiger partial charge >= 0.3 is 12.1 Å². The van der Waals surface area contributed by atoms with Crippen molar-refractivity contribution in [2.75, 3.05) is 31.2 Å². The lowest BCUT2D eigenvalue weighted by Gasteiger charge is -2.42. The van der Waals surface area contributed by atoms with E-state index in [2.05, 4.69) is 19.9 Å². The van der Waals surface area contributed by atoms with Gasteiger partial charge < -0.3 is 24.8 Å². The van der Waals surface area contributed by atoms with Crippen molar-refractivity contribution in [2.45, 2.75) is 133 Å². The number of sulfonamides is 1. The van der Waals surface area contributed by atoms with Crippen molar-refractivity contribution in [3.05, 3.63) is 42.6 Å². The molecule has 8 atom stereocenters. The number of morpholine rings is 1. The number of pyridine rings is 1. The number of carbonyl (C=O) groups is 4. The van der Waals surface area contributed by atoms with Gasteiger partial charge in [0.25, 0.3) is 11.8 Å². The van der Waals surface area contributed by atoms with Crippen molar-refractivity contribution in [3.8, 4) is 5.88 Å². The fourth-order valence-corrected chi connectivity index (χ4v) is 10.6. The molecule has 3 aliphatic heterocycles. The van der Waals surface area contributed by atoms with Crippen LogP contribution >= 0.6 is 0 Å². The van der Waals surface area contributed by atoms with E-state index in [1.807, 2.05) is 19.1 Å². The van der Waals surface area contributed by atoms with Crippen molar-refractivity contribution in [2.24, 2.45) is 17.8 Å². The van der Waals surface area contributed by atoms with E-state index in [-0.39, 0.29) is 29.5 Å². The van der Waals surface area contributed by atoms with Crippen molar-refractivity contribution in [1.29, 1.82) is 0 Å². The quantitative estimate of drug-likeness (QED) is 0.215. The first-order valence-corrected chi connectivity index (χ1v) is 22.9. The molecule has 2 aliphatic carbocycles. The molecule has 4 fully saturated rings. The Balaban J connectivity index is 1.33.